The van der Waals surface area contributed by atoms with Gasteiger partial charge in [0, 0.05) is 24.6 Å². The summed E-state index contributed by atoms with van der Waals surface area (Å²) >= 11 is 0. The fourth-order valence-corrected chi connectivity index (χ4v) is 2.13. The lowest BCUT2D eigenvalue weighted by molar-refractivity contribution is -0.120. The molecule has 0 aromatic heterocycles. The van der Waals surface area contributed by atoms with Gasteiger partial charge < -0.3 is 10.4 Å². The van der Waals surface area contributed by atoms with Gasteiger partial charge in [0.2, 0.25) is 5.91 Å². The van der Waals surface area contributed by atoms with Crippen molar-refractivity contribution in [1.82, 2.24) is 5.32 Å². The smallest absolute Gasteiger partial charge is 0.219 e. The zero-order valence-electron chi connectivity index (χ0n) is 12.1. The van der Waals surface area contributed by atoms with E-state index in [2.05, 4.69) is 5.32 Å². The van der Waals surface area contributed by atoms with E-state index in [1.54, 1.807) is 19.9 Å². The summed E-state index contributed by atoms with van der Waals surface area (Å²) in [7, 11) is 0. The van der Waals surface area contributed by atoms with Crippen molar-refractivity contribution >= 4 is 5.91 Å². The van der Waals surface area contributed by atoms with Crippen LogP contribution < -0.4 is 5.32 Å². The van der Waals surface area contributed by atoms with Crippen LogP contribution in [-0.2, 0) is 11.3 Å². The summed E-state index contributed by atoms with van der Waals surface area (Å²) in [5, 5.41) is 12.3. The third kappa shape index (κ3) is 3.40. The van der Waals surface area contributed by atoms with Crippen LogP contribution in [0.2, 0.25) is 0 Å². The number of amides is 1. The van der Waals surface area contributed by atoms with Gasteiger partial charge in [0.25, 0.3) is 0 Å². The topological polar surface area (TPSA) is 49.3 Å². The normalized spacial score (nSPS) is 10.4. The maximum atomic E-state index is 14.1. The van der Waals surface area contributed by atoms with Gasteiger partial charge in [-0.15, -0.1) is 0 Å². The lowest BCUT2D eigenvalue weighted by Crippen LogP contribution is -2.21. The van der Waals surface area contributed by atoms with Gasteiger partial charge in [-0.25, -0.2) is 4.39 Å². The highest BCUT2D eigenvalue weighted by atomic mass is 19.1. The molecule has 3 nitrogen and oxygen atoms in total. The van der Waals surface area contributed by atoms with Crippen LogP contribution in [0.25, 0.3) is 11.1 Å². The van der Waals surface area contributed by atoms with Crippen molar-refractivity contribution in [1.29, 1.82) is 0 Å². The largest absolute Gasteiger partial charge is 0.508 e. The second kappa shape index (κ2) is 6.39. The highest BCUT2D eigenvalue weighted by Crippen LogP contribution is 2.31. The molecule has 0 bridgehead atoms. The number of phenolic OH excluding ortho intramolecular Hbond substituents is 1. The molecule has 0 radical (unpaired) electrons. The van der Waals surface area contributed by atoms with Crippen LogP contribution in [0, 0.1) is 12.7 Å². The molecule has 21 heavy (non-hydrogen) atoms. The SMILES string of the molecule is CCC(=O)NCc1ccccc1-c1cc(C)c(O)cc1F. The molecule has 0 aliphatic heterocycles. The van der Waals surface area contributed by atoms with Gasteiger partial charge in [-0.1, -0.05) is 31.2 Å². The molecular formula is C17H18FNO2. The number of aromatic hydroxyl groups is 1. The number of rotatable bonds is 4. The Hall–Kier alpha value is -2.36. The Balaban J connectivity index is 2.40. The summed E-state index contributed by atoms with van der Waals surface area (Å²) < 4.78 is 14.1. The average molecular weight is 287 g/mol. The second-order valence-corrected chi connectivity index (χ2v) is 4.91. The molecule has 2 N–H and O–H groups in total. The van der Waals surface area contributed by atoms with Crippen LogP contribution in [-0.4, -0.2) is 11.0 Å². The third-order valence-corrected chi connectivity index (χ3v) is 3.39. The summed E-state index contributed by atoms with van der Waals surface area (Å²) in [6, 6.07) is 10.1. The zero-order chi connectivity index (χ0) is 15.4. The molecule has 2 aromatic rings. The molecule has 0 saturated carbocycles. The second-order valence-electron chi connectivity index (χ2n) is 4.91. The summed E-state index contributed by atoms with van der Waals surface area (Å²) in [6.07, 6.45) is 0.412. The summed E-state index contributed by atoms with van der Waals surface area (Å²) in [5.41, 5.74) is 2.59. The van der Waals surface area contributed by atoms with E-state index in [4.69, 9.17) is 0 Å². The Kier molecular flexibility index (Phi) is 4.58. The highest BCUT2D eigenvalue weighted by Gasteiger charge is 2.12. The minimum absolute atomic E-state index is 0.0489. The number of benzene rings is 2. The van der Waals surface area contributed by atoms with Gasteiger partial charge >= 0.3 is 0 Å². The predicted molar refractivity (Wildman–Crippen MR) is 80.4 cm³/mol. The Morgan fingerprint density at radius 2 is 1.95 bits per heavy atom. The quantitative estimate of drug-likeness (QED) is 0.903. The van der Waals surface area contributed by atoms with Gasteiger partial charge in [0.1, 0.15) is 11.6 Å². The molecular weight excluding hydrogens is 269 g/mol. The average Bonchev–Trinajstić information content (AvgIpc) is 2.49. The minimum atomic E-state index is -0.479. The zero-order valence-corrected chi connectivity index (χ0v) is 12.1. The molecule has 4 heteroatoms. The number of carbonyl (C=O) groups excluding carboxylic acids is 1. The number of nitrogens with one attached hydrogen (secondary N) is 1. The number of aryl methyl sites for hydroxylation is 1. The molecule has 2 rings (SSSR count). The molecule has 0 unspecified atom stereocenters. The number of halogens is 1. The molecule has 0 aliphatic carbocycles. The van der Waals surface area contributed by atoms with Crippen molar-refractivity contribution in [2.24, 2.45) is 0 Å². The Morgan fingerprint density at radius 3 is 2.67 bits per heavy atom. The van der Waals surface area contributed by atoms with Gasteiger partial charge in [-0.05, 0) is 29.7 Å². The van der Waals surface area contributed by atoms with Crippen molar-refractivity contribution in [2.75, 3.05) is 0 Å². The fourth-order valence-electron chi connectivity index (χ4n) is 2.13. The van der Waals surface area contributed by atoms with Crippen LogP contribution in [0.4, 0.5) is 4.39 Å². The number of phenols is 1. The van der Waals surface area contributed by atoms with Gasteiger partial charge in [0.15, 0.2) is 0 Å². The monoisotopic (exact) mass is 287 g/mol. The highest BCUT2D eigenvalue weighted by molar-refractivity contribution is 5.76. The molecule has 0 aliphatic rings. The molecule has 1 amide bonds. The first-order chi connectivity index (χ1) is 10.0. The van der Waals surface area contributed by atoms with Crippen LogP contribution in [0.5, 0.6) is 5.75 Å². The molecule has 0 atom stereocenters. The predicted octanol–water partition coefficient (Wildman–Crippen LogP) is 3.53. The molecule has 2 aromatic carbocycles. The van der Waals surface area contributed by atoms with E-state index < -0.39 is 5.82 Å². The van der Waals surface area contributed by atoms with E-state index in [0.29, 0.717) is 24.1 Å². The van der Waals surface area contributed by atoms with Crippen LogP contribution in [0.15, 0.2) is 36.4 Å². The summed E-state index contributed by atoms with van der Waals surface area (Å²) in [4.78, 5) is 11.4. The maximum Gasteiger partial charge on any atom is 0.219 e. The summed E-state index contributed by atoms with van der Waals surface area (Å²) in [6.45, 7) is 3.85. The standard InChI is InChI=1S/C17H18FNO2/c1-3-17(21)19-10-12-6-4-5-7-13(12)14-8-11(2)16(20)9-15(14)18/h4-9,20H,3,10H2,1-2H3,(H,19,21). The first kappa shape index (κ1) is 15.0. The van der Waals surface area contributed by atoms with Crippen LogP contribution in [0.1, 0.15) is 24.5 Å². The maximum absolute atomic E-state index is 14.1. The number of hydrogen-bond acceptors (Lipinski definition) is 2. The lowest BCUT2D eigenvalue weighted by atomic mass is 9.97. The van der Waals surface area contributed by atoms with Crippen molar-refractivity contribution in [3.05, 3.63) is 53.3 Å². The van der Waals surface area contributed by atoms with Crippen LogP contribution >= 0.6 is 0 Å². The first-order valence-electron chi connectivity index (χ1n) is 6.87. The van der Waals surface area contributed by atoms with Gasteiger partial charge in [-0.3, -0.25) is 4.79 Å². The summed E-state index contributed by atoms with van der Waals surface area (Å²) in [5.74, 6) is -0.590. The van der Waals surface area contributed by atoms with E-state index in [1.807, 2.05) is 24.3 Å². The number of carbonyl (C=O) groups is 1. The lowest BCUT2D eigenvalue weighted by Gasteiger charge is -2.12. The third-order valence-electron chi connectivity index (χ3n) is 3.39. The fraction of sp³-hybridized carbons (Fsp3) is 0.235. The number of hydrogen-bond donors (Lipinski definition) is 2. The van der Waals surface area contributed by atoms with E-state index in [9.17, 15) is 14.3 Å². The van der Waals surface area contributed by atoms with Crippen molar-refractivity contribution in [2.45, 2.75) is 26.8 Å². The molecule has 0 saturated heterocycles. The molecule has 110 valence electrons. The molecule has 0 spiro atoms. The van der Waals surface area contributed by atoms with Gasteiger partial charge in [-0.2, -0.15) is 0 Å². The van der Waals surface area contributed by atoms with Crippen molar-refractivity contribution in [3.63, 3.8) is 0 Å². The first-order valence-corrected chi connectivity index (χ1v) is 6.87. The van der Waals surface area contributed by atoms with Crippen LogP contribution in [0.3, 0.4) is 0 Å². The minimum Gasteiger partial charge on any atom is -0.508 e. The van der Waals surface area contributed by atoms with Crippen molar-refractivity contribution < 1.29 is 14.3 Å². The van der Waals surface area contributed by atoms with E-state index >= 15 is 0 Å². The van der Waals surface area contributed by atoms with E-state index in [-0.39, 0.29) is 11.7 Å². The van der Waals surface area contributed by atoms with E-state index in [0.717, 1.165) is 17.2 Å². The molecule has 0 heterocycles. The Labute approximate surface area is 123 Å². The Morgan fingerprint density at radius 1 is 1.24 bits per heavy atom. The Bertz CT molecular complexity index is 668. The molecule has 0 fully saturated rings. The van der Waals surface area contributed by atoms with Gasteiger partial charge in [0.05, 0.1) is 0 Å². The van der Waals surface area contributed by atoms with E-state index in [1.165, 1.54) is 0 Å². The van der Waals surface area contributed by atoms with Crippen molar-refractivity contribution in [3.8, 4) is 16.9 Å².